The number of ether oxygens (including phenoxy) is 2. The number of nitrogens with zero attached hydrogens (tertiary/aromatic N) is 1. The van der Waals surface area contributed by atoms with Gasteiger partial charge in [0.25, 0.3) is 0 Å². The fourth-order valence-corrected chi connectivity index (χ4v) is 2.31. The van der Waals surface area contributed by atoms with E-state index >= 15 is 0 Å². The van der Waals surface area contributed by atoms with Gasteiger partial charge in [0, 0.05) is 6.54 Å². The Bertz CT molecular complexity index is 607. The van der Waals surface area contributed by atoms with Crippen molar-refractivity contribution in [1.29, 1.82) is 0 Å². The SMILES string of the molecule is CCN(CC)Cc1ccc(COC(=O)COc2ccccc2)cc1. The zero-order valence-corrected chi connectivity index (χ0v) is 14.4. The highest BCUT2D eigenvalue weighted by Crippen LogP contribution is 2.10. The molecule has 2 rings (SSSR count). The summed E-state index contributed by atoms with van der Waals surface area (Å²) in [7, 11) is 0. The number of para-hydroxylation sites is 1. The van der Waals surface area contributed by atoms with Gasteiger partial charge in [0.15, 0.2) is 6.61 Å². The molecular formula is C20H25NO3. The van der Waals surface area contributed by atoms with Gasteiger partial charge in [0.1, 0.15) is 12.4 Å². The molecule has 0 amide bonds. The molecule has 0 spiro atoms. The fourth-order valence-electron chi connectivity index (χ4n) is 2.31. The van der Waals surface area contributed by atoms with E-state index in [1.807, 2.05) is 42.5 Å². The normalized spacial score (nSPS) is 10.6. The Balaban J connectivity index is 1.74. The monoisotopic (exact) mass is 327 g/mol. The Labute approximate surface area is 144 Å². The molecule has 0 aliphatic heterocycles. The van der Waals surface area contributed by atoms with Crippen LogP contribution < -0.4 is 4.74 Å². The fraction of sp³-hybridized carbons (Fsp3) is 0.350. The van der Waals surface area contributed by atoms with Crippen LogP contribution in [0.5, 0.6) is 5.75 Å². The molecule has 2 aromatic rings. The Kier molecular flexibility index (Phi) is 7.30. The van der Waals surface area contributed by atoms with Gasteiger partial charge in [-0.15, -0.1) is 0 Å². The molecular weight excluding hydrogens is 302 g/mol. The summed E-state index contributed by atoms with van der Waals surface area (Å²) < 4.78 is 10.6. The Morgan fingerprint density at radius 3 is 2.17 bits per heavy atom. The molecule has 0 fully saturated rings. The summed E-state index contributed by atoms with van der Waals surface area (Å²) >= 11 is 0. The summed E-state index contributed by atoms with van der Waals surface area (Å²) in [6, 6.07) is 17.4. The summed E-state index contributed by atoms with van der Waals surface area (Å²) in [5.41, 5.74) is 2.24. The summed E-state index contributed by atoms with van der Waals surface area (Å²) in [4.78, 5) is 14.1. The van der Waals surface area contributed by atoms with Crippen molar-refractivity contribution < 1.29 is 14.3 Å². The first-order chi connectivity index (χ1) is 11.7. The topological polar surface area (TPSA) is 38.8 Å². The first kappa shape index (κ1) is 18.0. The maximum absolute atomic E-state index is 11.7. The van der Waals surface area contributed by atoms with E-state index < -0.39 is 0 Å². The van der Waals surface area contributed by atoms with Gasteiger partial charge in [-0.1, -0.05) is 56.3 Å². The average molecular weight is 327 g/mol. The summed E-state index contributed by atoms with van der Waals surface area (Å²) in [5.74, 6) is 0.293. The summed E-state index contributed by atoms with van der Waals surface area (Å²) in [6.07, 6.45) is 0. The first-order valence-corrected chi connectivity index (χ1v) is 8.35. The van der Waals surface area contributed by atoms with Crippen molar-refractivity contribution in [3.63, 3.8) is 0 Å². The van der Waals surface area contributed by atoms with Gasteiger partial charge < -0.3 is 9.47 Å². The van der Waals surface area contributed by atoms with Crippen LogP contribution in [0, 0.1) is 0 Å². The Hall–Kier alpha value is -2.33. The summed E-state index contributed by atoms with van der Waals surface area (Å²) in [5, 5.41) is 0. The van der Waals surface area contributed by atoms with Crippen LogP contribution in [0.2, 0.25) is 0 Å². The molecule has 0 aliphatic carbocycles. The predicted octanol–water partition coefficient (Wildman–Crippen LogP) is 3.65. The second-order valence-electron chi connectivity index (χ2n) is 5.54. The number of benzene rings is 2. The van der Waals surface area contributed by atoms with E-state index in [0.717, 1.165) is 25.2 Å². The van der Waals surface area contributed by atoms with Crippen molar-refractivity contribution in [2.45, 2.75) is 27.0 Å². The van der Waals surface area contributed by atoms with Crippen molar-refractivity contribution in [1.82, 2.24) is 4.90 Å². The molecule has 128 valence electrons. The van der Waals surface area contributed by atoms with Gasteiger partial charge in [-0.3, -0.25) is 4.90 Å². The van der Waals surface area contributed by atoms with Crippen LogP contribution >= 0.6 is 0 Å². The minimum atomic E-state index is -0.369. The predicted molar refractivity (Wildman–Crippen MR) is 94.8 cm³/mol. The van der Waals surface area contributed by atoms with Crippen molar-refractivity contribution >= 4 is 5.97 Å². The van der Waals surface area contributed by atoms with Crippen LogP contribution in [0.3, 0.4) is 0 Å². The van der Waals surface area contributed by atoms with Gasteiger partial charge in [0.2, 0.25) is 0 Å². The molecule has 0 aromatic heterocycles. The third-order valence-corrected chi connectivity index (χ3v) is 3.82. The lowest BCUT2D eigenvalue weighted by Gasteiger charge is -2.18. The highest BCUT2D eigenvalue weighted by atomic mass is 16.6. The molecule has 24 heavy (non-hydrogen) atoms. The van der Waals surface area contributed by atoms with Crippen LogP contribution in [0.25, 0.3) is 0 Å². The standard InChI is InChI=1S/C20H25NO3/c1-3-21(4-2)14-17-10-12-18(13-11-17)15-24-20(22)16-23-19-8-6-5-7-9-19/h5-13H,3-4,14-16H2,1-2H3. The lowest BCUT2D eigenvalue weighted by atomic mass is 10.1. The number of hydrogen-bond donors (Lipinski definition) is 0. The average Bonchev–Trinajstić information content (AvgIpc) is 2.64. The van der Waals surface area contributed by atoms with E-state index in [9.17, 15) is 4.79 Å². The Morgan fingerprint density at radius 2 is 1.54 bits per heavy atom. The van der Waals surface area contributed by atoms with E-state index in [-0.39, 0.29) is 19.2 Å². The first-order valence-electron chi connectivity index (χ1n) is 8.35. The van der Waals surface area contributed by atoms with Gasteiger partial charge in [0.05, 0.1) is 0 Å². The van der Waals surface area contributed by atoms with Crippen LogP contribution in [-0.2, 0) is 22.7 Å². The molecule has 4 heteroatoms. The molecule has 0 aliphatic rings. The molecule has 0 atom stereocenters. The highest BCUT2D eigenvalue weighted by molar-refractivity contribution is 5.71. The lowest BCUT2D eigenvalue weighted by Crippen LogP contribution is -2.22. The maximum Gasteiger partial charge on any atom is 0.344 e. The molecule has 4 nitrogen and oxygen atoms in total. The molecule has 0 N–H and O–H groups in total. The second-order valence-corrected chi connectivity index (χ2v) is 5.54. The second kappa shape index (κ2) is 9.73. The van der Waals surface area contributed by atoms with Crippen molar-refractivity contribution in [3.8, 4) is 5.75 Å². The van der Waals surface area contributed by atoms with Crippen LogP contribution in [0.1, 0.15) is 25.0 Å². The van der Waals surface area contributed by atoms with Crippen molar-refractivity contribution in [2.24, 2.45) is 0 Å². The quantitative estimate of drug-likeness (QED) is 0.659. The van der Waals surface area contributed by atoms with Crippen LogP contribution in [0.15, 0.2) is 54.6 Å². The van der Waals surface area contributed by atoms with Crippen molar-refractivity contribution in [3.05, 3.63) is 65.7 Å². The van der Waals surface area contributed by atoms with E-state index in [1.165, 1.54) is 5.56 Å². The Morgan fingerprint density at radius 1 is 0.917 bits per heavy atom. The van der Waals surface area contributed by atoms with Crippen molar-refractivity contribution in [2.75, 3.05) is 19.7 Å². The minimum Gasteiger partial charge on any atom is -0.482 e. The van der Waals surface area contributed by atoms with Gasteiger partial charge in [-0.05, 0) is 36.3 Å². The molecule has 0 saturated heterocycles. The lowest BCUT2D eigenvalue weighted by molar-refractivity contribution is -0.147. The smallest absolute Gasteiger partial charge is 0.344 e. The van der Waals surface area contributed by atoms with E-state index in [1.54, 1.807) is 0 Å². The molecule has 0 radical (unpaired) electrons. The highest BCUT2D eigenvalue weighted by Gasteiger charge is 2.06. The molecule has 2 aromatic carbocycles. The minimum absolute atomic E-state index is 0.0793. The van der Waals surface area contributed by atoms with Gasteiger partial charge >= 0.3 is 5.97 Å². The zero-order valence-electron chi connectivity index (χ0n) is 14.4. The molecule has 0 saturated carbocycles. The third kappa shape index (κ3) is 6.05. The van der Waals surface area contributed by atoms with Gasteiger partial charge in [-0.25, -0.2) is 4.79 Å². The molecule has 0 bridgehead atoms. The number of hydrogen-bond acceptors (Lipinski definition) is 4. The number of carbonyl (C=O) groups is 1. The van der Waals surface area contributed by atoms with E-state index in [0.29, 0.717) is 5.75 Å². The van der Waals surface area contributed by atoms with Crippen LogP contribution in [-0.4, -0.2) is 30.6 Å². The van der Waals surface area contributed by atoms with E-state index in [4.69, 9.17) is 9.47 Å². The summed E-state index contributed by atoms with van der Waals surface area (Å²) in [6.45, 7) is 7.53. The maximum atomic E-state index is 11.7. The number of carbonyl (C=O) groups excluding carboxylic acids is 1. The van der Waals surface area contributed by atoms with Gasteiger partial charge in [-0.2, -0.15) is 0 Å². The molecule has 0 unspecified atom stereocenters. The number of rotatable bonds is 9. The van der Waals surface area contributed by atoms with E-state index in [2.05, 4.69) is 30.9 Å². The van der Waals surface area contributed by atoms with Crippen LogP contribution in [0.4, 0.5) is 0 Å². The largest absolute Gasteiger partial charge is 0.482 e. The number of esters is 1. The molecule has 0 heterocycles. The zero-order chi connectivity index (χ0) is 17.2. The third-order valence-electron chi connectivity index (χ3n) is 3.82.